The van der Waals surface area contributed by atoms with Crippen molar-refractivity contribution in [1.29, 1.82) is 0 Å². The third-order valence-electron chi connectivity index (χ3n) is 2.62. The predicted octanol–water partition coefficient (Wildman–Crippen LogP) is -0.765. The van der Waals surface area contributed by atoms with Gasteiger partial charge in [-0.1, -0.05) is 6.42 Å². The van der Waals surface area contributed by atoms with Gasteiger partial charge in [0.15, 0.2) is 0 Å². The molecule has 0 saturated carbocycles. The quantitative estimate of drug-likeness (QED) is 0.587. The second-order valence-corrected chi connectivity index (χ2v) is 5.77. The van der Waals surface area contributed by atoms with Crippen molar-refractivity contribution in [2.75, 3.05) is 13.1 Å². The molecule has 1 aliphatic heterocycles. The standard InChI is InChI=1S/C9H16N2O6S/c12-8(13)6-7(9(14)15)10-18(16,17)11-4-2-1-3-5-11/h7,10H,1-6H2,(H,12,13)(H,14,15)/t7-/m1/s1. The van der Waals surface area contributed by atoms with Gasteiger partial charge in [0, 0.05) is 13.1 Å². The number of rotatable bonds is 6. The second kappa shape index (κ2) is 6.12. The highest BCUT2D eigenvalue weighted by molar-refractivity contribution is 7.87. The molecule has 104 valence electrons. The number of carbonyl (C=O) groups is 2. The predicted molar refractivity (Wildman–Crippen MR) is 61.2 cm³/mol. The SMILES string of the molecule is O=C(O)C[C@@H](NS(=O)(=O)N1CCCCC1)C(=O)O. The van der Waals surface area contributed by atoms with E-state index < -0.39 is 34.6 Å². The summed E-state index contributed by atoms with van der Waals surface area (Å²) in [4.78, 5) is 21.3. The third-order valence-corrected chi connectivity index (χ3v) is 4.25. The molecule has 0 aromatic carbocycles. The zero-order valence-corrected chi connectivity index (χ0v) is 10.5. The summed E-state index contributed by atoms with van der Waals surface area (Å²) in [6, 6.07) is -1.64. The van der Waals surface area contributed by atoms with E-state index in [9.17, 15) is 18.0 Å². The minimum absolute atomic E-state index is 0.328. The lowest BCUT2D eigenvalue weighted by Crippen LogP contribution is -2.50. The summed E-state index contributed by atoms with van der Waals surface area (Å²) in [5.41, 5.74) is 0. The van der Waals surface area contributed by atoms with Crippen molar-refractivity contribution in [3.05, 3.63) is 0 Å². The monoisotopic (exact) mass is 280 g/mol. The summed E-state index contributed by atoms with van der Waals surface area (Å²) in [6.45, 7) is 0.656. The molecule has 0 bridgehead atoms. The van der Waals surface area contributed by atoms with Crippen molar-refractivity contribution < 1.29 is 28.2 Å². The Balaban J connectivity index is 2.71. The van der Waals surface area contributed by atoms with E-state index in [0.717, 1.165) is 23.6 Å². The van der Waals surface area contributed by atoms with Crippen molar-refractivity contribution >= 4 is 22.1 Å². The topological polar surface area (TPSA) is 124 Å². The molecule has 8 nitrogen and oxygen atoms in total. The summed E-state index contributed by atoms with van der Waals surface area (Å²) in [7, 11) is -3.93. The number of carboxylic acids is 2. The molecular formula is C9H16N2O6S. The van der Waals surface area contributed by atoms with Crippen LogP contribution in [0.25, 0.3) is 0 Å². The van der Waals surface area contributed by atoms with Gasteiger partial charge >= 0.3 is 11.9 Å². The highest BCUT2D eigenvalue weighted by Crippen LogP contribution is 2.12. The molecule has 1 aliphatic rings. The fourth-order valence-corrected chi connectivity index (χ4v) is 3.15. The molecule has 1 saturated heterocycles. The normalized spacial score (nSPS) is 19.3. The van der Waals surface area contributed by atoms with Gasteiger partial charge in [0.25, 0.3) is 10.2 Å². The summed E-state index contributed by atoms with van der Waals surface area (Å²) in [5, 5.41) is 17.3. The molecular weight excluding hydrogens is 264 g/mol. The van der Waals surface area contributed by atoms with Crippen LogP contribution < -0.4 is 4.72 Å². The first-order valence-electron chi connectivity index (χ1n) is 5.55. The van der Waals surface area contributed by atoms with E-state index in [1.807, 2.05) is 4.72 Å². The zero-order valence-electron chi connectivity index (χ0n) is 9.70. The third kappa shape index (κ3) is 4.24. The molecule has 0 aliphatic carbocycles. The number of nitrogens with zero attached hydrogens (tertiary/aromatic N) is 1. The molecule has 1 rings (SSSR count). The van der Waals surface area contributed by atoms with E-state index in [4.69, 9.17) is 10.2 Å². The molecule has 0 aromatic rings. The van der Waals surface area contributed by atoms with Crippen LogP contribution in [-0.2, 0) is 19.8 Å². The highest BCUT2D eigenvalue weighted by Gasteiger charge is 2.31. The number of aliphatic carboxylic acids is 2. The fourth-order valence-electron chi connectivity index (χ4n) is 1.71. The first-order chi connectivity index (χ1) is 8.33. The van der Waals surface area contributed by atoms with Crippen LogP contribution in [0.1, 0.15) is 25.7 Å². The Morgan fingerprint density at radius 1 is 1.17 bits per heavy atom. The lowest BCUT2D eigenvalue weighted by atomic mass is 10.2. The van der Waals surface area contributed by atoms with Gasteiger partial charge in [-0.2, -0.15) is 17.4 Å². The molecule has 0 spiro atoms. The number of carboxylic acid groups (broad SMARTS) is 2. The lowest BCUT2D eigenvalue weighted by Gasteiger charge is -2.27. The Kier molecular flexibility index (Phi) is 5.05. The highest BCUT2D eigenvalue weighted by atomic mass is 32.2. The number of hydrogen-bond acceptors (Lipinski definition) is 4. The maximum Gasteiger partial charge on any atom is 0.322 e. The van der Waals surface area contributed by atoms with E-state index in [1.54, 1.807) is 0 Å². The van der Waals surface area contributed by atoms with Crippen molar-refractivity contribution in [3.8, 4) is 0 Å². The zero-order chi connectivity index (χ0) is 13.8. The minimum atomic E-state index is -3.93. The van der Waals surface area contributed by atoms with E-state index >= 15 is 0 Å². The van der Waals surface area contributed by atoms with Crippen molar-refractivity contribution in [3.63, 3.8) is 0 Å². The van der Waals surface area contributed by atoms with E-state index in [2.05, 4.69) is 0 Å². The van der Waals surface area contributed by atoms with Crippen LogP contribution in [0.3, 0.4) is 0 Å². The van der Waals surface area contributed by atoms with Crippen LogP contribution in [-0.4, -0.2) is 54.0 Å². The van der Waals surface area contributed by atoms with E-state index in [1.165, 1.54) is 0 Å². The van der Waals surface area contributed by atoms with Crippen molar-refractivity contribution in [1.82, 2.24) is 9.03 Å². The van der Waals surface area contributed by atoms with Gasteiger partial charge in [0.1, 0.15) is 6.04 Å². The van der Waals surface area contributed by atoms with Gasteiger partial charge in [-0.05, 0) is 12.8 Å². The molecule has 9 heteroatoms. The van der Waals surface area contributed by atoms with Gasteiger partial charge in [0.05, 0.1) is 6.42 Å². The Labute approximate surface area is 105 Å². The van der Waals surface area contributed by atoms with Crippen LogP contribution in [0.15, 0.2) is 0 Å². The molecule has 18 heavy (non-hydrogen) atoms. The number of hydrogen-bond donors (Lipinski definition) is 3. The largest absolute Gasteiger partial charge is 0.481 e. The number of nitrogens with one attached hydrogen (secondary N) is 1. The van der Waals surface area contributed by atoms with E-state index in [-0.39, 0.29) is 0 Å². The second-order valence-electron chi connectivity index (χ2n) is 4.07. The average molecular weight is 280 g/mol. The molecule has 0 unspecified atom stereocenters. The summed E-state index contributed by atoms with van der Waals surface area (Å²) < 4.78 is 26.7. The fraction of sp³-hybridized carbons (Fsp3) is 0.778. The Hall–Kier alpha value is -1.19. The van der Waals surface area contributed by atoms with Crippen LogP contribution in [0.4, 0.5) is 0 Å². The van der Waals surface area contributed by atoms with Crippen molar-refractivity contribution in [2.45, 2.75) is 31.7 Å². The van der Waals surface area contributed by atoms with Crippen LogP contribution in [0, 0.1) is 0 Å². The Bertz CT molecular complexity index is 415. The summed E-state index contributed by atoms with van der Waals surface area (Å²) >= 11 is 0. The van der Waals surface area contributed by atoms with Crippen LogP contribution in [0.2, 0.25) is 0 Å². The van der Waals surface area contributed by atoms with Gasteiger partial charge in [-0.25, -0.2) is 0 Å². The maximum atomic E-state index is 11.8. The molecule has 1 atom stereocenters. The number of piperidine rings is 1. The van der Waals surface area contributed by atoms with Crippen LogP contribution in [0.5, 0.6) is 0 Å². The Morgan fingerprint density at radius 3 is 2.17 bits per heavy atom. The summed E-state index contributed by atoms with van der Waals surface area (Å²) in [6.07, 6.45) is 1.58. The summed E-state index contributed by atoms with van der Waals surface area (Å²) in [5.74, 6) is -2.87. The Morgan fingerprint density at radius 2 is 1.72 bits per heavy atom. The van der Waals surface area contributed by atoms with Gasteiger partial charge in [-0.3, -0.25) is 9.59 Å². The van der Waals surface area contributed by atoms with Gasteiger partial charge in [-0.15, -0.1) is 0 Å². The lowest BCUT2D eigenvalue weighted by molar-refractivity contribution is -0.145. The average Bonchev–Trinajstić information content (AvgIpc) is 2.28. The van der Waals surface area contributed by atoms with E-state index in [0.29, 0.717) is 13.1 Å². The smallest absolute Gasteiger partial charge is 0.322 e. The molecule has 3 N–H and O–H groups in total. The minimum Gasteiger partial charge on any atom is -0.481 e. The van der Waals surface area contributed by atoms with Crippen LogP contribution >= 0.6 is 0 Å². The van der Waals surface area contributed by atoms with Gasteiger partial charge in [0.2, 0.25) is 0 Å². The van der Waals surface area contributed by atoms with Crippen molar-refractivity contribution in [2.24, 2.45) is 0 Å². The molecule has 0 amide bonds. The first kappa shape index (κ1) is 14.9. The molecule has 1 fully saturated rings. The molecule has 0 radical (unpaired) electrons. The molecule has 0 aromatic heterocycles. The first-order valence-corrected chi connectivity index (χ1v) is 6.99. The maximum absolute atomic E-state index is 11.8. The van der Waals surface area contributed by atoms with Gasteiger partial charge < -0.3 is 10.2 Å². The molecule has 1 heterocycles.